The third kappa shape index (κ3) is 6.61. The number of hydrogen-bond acceptors (Lipinski definition) is 8. The van der Waals surface area contributed by atoms with Gasteiger partial charge in [0.25, 0.3) is 5.91 Å². The molecule has 45 heavy (non-hydrogen) atoms. The molecule has 0 spiro atoms. The van der Waals surface area contributed by atoms with E-state index in [1.165, 1.54) is 30.6 Å². The number of nitrogens with two attached hydrogens (primary N) is 1. The van der Waals surface area contributed by atoms with Gasteiger partial charge in [0.2, 0.25) is 5.82 Å². The first-order chi connectivity index (χ1) is 21.4. The molecule has 5 rings (SSSR count). The lowest BCUT2D eigenvalue weighted by Gasteiger charge is -2.28. The SMILES string of the molecule is CC(C)NC(C)(C)C=C(C#N)C(=O)N1CCC[C@H]1Cn1nc(-c2ccc(Oc3cccc(F)c3F)cc2F)c2c(N)ncnc21. The second-order valence-corrected chi connectivity index (χ2v) is 11.8. The molecular weight excluding hydrogens is 585 g/mol. The van der Waals surface area contributed by atoms with Crippen molar-refractivity contribution in [3.63, 3.8) is 0 Å². The van der Waals surface area contributed by atoms with Gasteiger partial charge in [-0.25, -0.2) is 23.4 Å². The van der Waals surface area contributed by atoms with Crippen LogP contribution in [0.5, 0.6) is 11.5 Å². The van der Waals surface area contributed by atoms with Gasteiger partial charge in [-0.3, -0.25) is 4.79 Å². The third-order valence-electron chi connectivity index (χ3n) is 7.44. The molecule has 0 unspecified atom stereocenters. The van der Waals surface area contributed by atoms with Crippen molar-refractivity contribution in [1.82, 2.24) is 30.0 Å². The highest BCUT2D eigenvalue weighted by Gasteiger charge is 2.33. The van der Waals surface area contributed by atoms with Crippen molar-refractivity contribution >= 4 is 22.8 Å². The first kappa shape index (κ1) is 31.5. The number of rotatable bonds is 9. The second kappa shape index (κ2) is 12.6. The molecule has 1 saturated heterocycles. The van der Waals surface area contributed by atoms with E-state index in [9.17, 15) is 18.8 Å². The van der Waals surface area contributed by atoms with Crippen molar-refractivity contribution in [2.24, 2.45) is 0 Å². The lowest BCUT2D eigenvalue weighted by atomic mass is 9.99. The number of benzene rings is 2. The van der Waals surface area contributed by atoms with Crippen molar-refractivity contribution in [1.29, 1.82) is 5.26 Å². The van der Waals surface area contributed by atoms with Crippen molar-refractivity contribution in [2.75, 3.05) is 12.3 Å². The Balaban J connectivity index is 1.45. The van der Waals surface area contributed by atoms with Gasteiger partial charge in [0, 0.05) is 29.8 Å². The number of aromatic nitrogens is 4. The number of nitriles is 1. The van der Waals surface area contributed by atoms with Gasteiger partial charge in [-0.15, -0.1) is 0 Å². The Morgan fingerprint density at radius 3 is 2.71 bits per heavy atom. The molecule has 3 N–H and O–H groups in total. The van der Waals surface area contributed by atoms with Gasteiger partial charge in [0.1, 0.15) is 41.0 Å². The largest absolute Gasteiger partial charge is 0.454 e. The normalized spacial score (nSPS) is 15.6. The molecule has 1 aliphatic rings. The van der Waals surface area contributed by atoms with Gasteiger partial charge >= 0.3 is 0 Å². The van der Waals surface area contributed by atoms with Crippen molar-refractivity contribution in [3.05, 3.63) is 71.8 Å². The molecule has 0 radical (unpaired) electrons. The van der Waals surface area contributed by atoms with Crippen LogP contribution in [0.1, 0.15) is 40.5 Å². The number of fused-ring (bicyclic) bond motifs is 1. The Morgan fingerprint density at radius 2 is 2.00 bits per heavy atom. The molecule has 1 amide bonds. The number of nitrogens with one attached hydrogen (secondary N) is 1. The number of nitrogen functional groups attached to an aromatic ring is 1. The van der Waals surface area contributed by atoms with Crippen molar-refractivity contribution < 1.29 is 22.7 Å². The van der Waals surface area contributed by atoms with Gasteiger partial charge in [-0.2, -0.15) is 14.8 Å². The van der Waals surface area contributed by atoms with E-state index in [-0.39, 0.29) is 58.7 Å². The number of anilines is 1. The van der Waals surface area contributed by atoms with Crippen LogP contribution in [0.3, 0.4) is 0 Å². The molecule has 0 aliphatic carbocycles. The summed E-state index contributed by atoms with van der Waals surface area (Å²) in [7, 11) is 0. The highest BCUT2D eigenvalue weighted by atomic mass is 19.2. The van der Waals surface area contributed by atoms with Crippen LogP contribution in [0.25, 0.3) is 22.3 Å². The molecule has 2 aromatic heterocycles. The first-order valence-corrected chi connectivity index (χ1v) is 14.5. The molecule has 4 aromatic rings. The van der Waals surface area contributed by atoms with Gasteiger partial charge in [0.05, 0.1) is 18.0 Å². The number of carbonyl (C=O) groups excluding carboxylic acids is 1. The minimum absolute atomic E-state index is 0.0418. The fourth-order valence-corrected chi connectivity index (χ4v) is 5.72. The fraction of sp³-hybridized carbons (Fsp3) is 0.344. The summed E-state index contributed by atoms with van der Waals surface area (Å²) in [6, 6.07) is 9.18. The quantitative estimate of drug-likeness (QED) is 0.185. The number of amides is 1. The minimum atomic E-state index is -1.19. The fourth-order valence-electron chi connectivity index (χ4n) is 5.72. The van der Waals surface area contributed by atoms with Gasteiger partial charge in [0.15, 0.2) is 17.2 Å². The van der Waals surface area contributed by atoms with E-state index in [0.717, 1.165) is 18.6 Å². The van der Waals surface area contributed by atoms with Crippen LogP contribution in [-0.4, -0.2) is 54.7 Å². The smallest absolute Gasteiger partial charge is 0.264 e. The van der Waals surface area contributed by atoms with E-state index in [1.807, 2.05) is 27.7 Å². The Labute approximate surface area is 258 Å². The number of nitrogens with zero attached hydrogens (tertiary/aromatic N) is 6. The topological polar surface area (TPSA) is 135 Å². The van der Waals surface area contributed by atoms with Crippen LogP contribution in [0, 0.1) is 28.8 Å². The predicted octanol–water partition coefficient (Wildman–Crippen LogP) is 5.50. The zero-order chi connectivity index (χ0) is 32.5. The number of likely N-dealkylation sites (tertiary alicyclic amines) is 1. The monoisotopic (exact) mass is 618 g/mol. The minimum Gasteiger partial charge on any atom is -0.454 e. The summed E-state index contributed by atoms with van der Waals surface area (Å²) in [6.45, 7) is 8.46. The number of ether oxygens (including phenoxy) is 1. The molecule has 1 atom stereocenters. The van der Waals surface area contributed by atoms with E-state index in [4.69, 9.17) is 10.5 Å². The van der Waals surface area contributed by atoms with E-state index in [0.29, 0.717) is 24.0 Å². The maximum Gasteiger partial charge on any atom is 0.264 e. The molecular formula is C32H33F3N8O2. The molecule has 13 heteroatoms. The zero-order valence-electron chi connectivity index (χ0n) is 25.3. The standard InChI is InChI=1S/C32H33F3N8O2/c1-18(2)40-32(3,4)14-19(15-36)31(44)42-12-6-7-20(42)16-43-30-26(29(37)38-17-39-30)28(41-43)22-11-10-21(13-24(22)34)45-25-9-5-8-23(33)27(25)35/h5,8-11,13-14,17-18,20,40H,6-7,12,16H2,1-4H3,(H2,37,38,39)/t20-/m0/s1. The van der Waals surface area contributed by atoms with E-state index in [1.54, 1.807) is 15.7 Å². The predicted molar refractivity (Wildman–Crippen MR) is 162 cm³/mol. The van der Waals surface area contributed by atoms with Crippen molar-refractivity contribution in [2.45, 2.75) is 64.7 Å². The second-order valence-electron chi connectivity index (χ2n) is 11.8. The van der Waals surface area contributed by atoms with Crippen LogP contribution in [0.2, 0.25) is 0 Å². The maximum absolute atomic E-state index is 15.5. The van der Waals surface area contributed by atoms with Crippen LogP contribution in [0.15, 0.2) is 54.4 Å². The number of halogens is 3. The van der Waals surface area contributed by atoms with Gasteiger partial charge in [-0.1, -0.05) is 19.9 Å². The molecule has 2 aromatic carbocycles. The van der Waals surface area contributed by atoms with Crippen molar-refractivity contribution in [3.8, 4) is 28.8 Å². The summed E-state index contributed by atoms with van der Waals surface area (Å²) < 4.78 is 50.2. The Bertz CT molecular complexity index is 1830. The lowest BCUT2D eigenvalue weighted by Crippen LogP contribution is -2.44. The van der Waals surface area contributed by atoms with Gasteiger partial charge < -0.3 is 20.7 Å². The highest BCUT2D eigenvalue weighted by molar-refractivity contribution is 5.99. The summed E-state index contributed by atoms with van der Waals surface area (Å²) in [5.41, 5.74) is 6.24. The zero-order valence-corrected chi connectivity index (χ0v) is 25.3. The average molecular weight is 619 g/mol. The number of carbonyl (C=O) groups is 1. The van der Waals surface area contributed by atoms with Crippen LogP contribution in [-0.2, 0) is 11.3 Å². The average Bonchev–Trinajstić information content (AvgIpc) is 3.59. The first-order valence-electron chi connectivity index (χ1n) is 14.5. The highest BCUT2D eigenvalue weighted by Crippen LogP contribution is 2.35. The maximum atomic E-state index is 15.5. The summed E-state index contributed by atoms with van der Waals surface area (Å²) >= 11 is 0. The molecule has 1 aliphatic heterocycles. The summed E-state index contributed by atoms with van der Waals surface area (Å²) in [6.07, 6.45) is 4.32. The molecule has 0 bridgehead atoms. The molecule has 0 saturated carbocycles. The summed E-state index contributed by atoms with van der Waals surface area (Å²) in [4.78, 5) is 23.6. The molecule has 10 nitrogen and oxygen atoms in total. The van der Waals surface area contributed by atoms with E-state index in [2.05, 4.69) is 26.5 Å². The Morgan fingerprint density at radius 1 is 1.22 bits per heavy atom. The van der Waals surface area contributed by atoms with E-state index >= 15 is 4.39 Å². The van der Waals surface area contributed by atoms with Crippen LogP contribution in [0.4, 0.5) is 19.0 Å². The lowest BCUT2D eigenvalue weighted by molar-refractivity contribution is -0.127. The molecule has 1 fully saturated rings. The van der Waals surface area contributed by atoms with E-state index < -0.39 is 23.0 Å². The number of hydrogen-bond donors (Lipinski definition) is 2. The summed E-state index contributed by atoms with van der Waals surface area (Å²) in [5.74, 6) is -3.77. The van der Waals surface area contributed by atoms with Crippen LogP contribution >= 0.6 is 0 Å². The Hall–Kier alpha value is -4.96. The Kier molecular flexibility index (Phi) is 8.79. The van der Waals surface area contributed by atoms with Crippen LogP contribution < -0.4 is 15.8 Å². The third-order valence-corrected chi connectivity index (χ3v) is 7.44. The molecule has 3 heterocycles. The van der Waals surface area contributed by atoms with Gasteiger partial charge in [-0.05, 0) is 57.0 Å². The summed E-state index contributed by atoms with van der Waals surface area (Å²) in [5, 5.41) is 18.2. The molecule has 234 valence electrons.